The number of hydrogen-bond acceptors (Lipinski definition) is 3. The largest absolute Gasteiger partial charge is 0.352 e. The monoisotopic (exact) mass is 518 g/mol. The Labute approximate surface area is 172 Å². The quantitative estimate of drug-likeness (QED) is 0.202. The maximum atomic E-state index is 10.8. The average molecular weight is 519 g/mol. The van der Waals surface area contributed by atoms with E-state index < -0.39 is 4.92 Å². The van der Waals surface area contributed by atoms with Crippen molar-refractivity contribution in [1.29, 1.82) is 0 Å². The standard InChI is InChI=1S/C17H19BrN4O2.HI/c1-12(15-8-3-4-9-16(15)18)21-17(19-2)20-11-13-6-5-7-14(10-13)22(23)24;/h3-10,12H,11H2,1-2H3,(H2,19,20,21);1H. The Morgan fingerprint density at radius 2 is 2.00 bits per heavy atom. The van der Waals surface area contributed by atoms with Crippen molar-refractivity contribution < 1.29 is 4.92 Å². The molecule has 2 aromatic carbocycles. The minimum Gasteiger partial charge on any atom is -0.352 e. The predicted octanol–water partition coefficient (Wildman–Crippen LogP) is 4.40. The van der Waals surface area contributed by atoms with Crippen LogP contribution in [0, 0.1) is 10.1 Å². The molecule has 0 amide bonds. The first-order chi connectivity index (χ1) is 11.5. The molecule has 1 unspecified atom stereocenters. The van der Waals surface area contributed by atoms with Crippen LogP contribution in [0.3, 0.4) is 0 Å². The lowest BCUT2D eigenvalue weighted by atomic mass is 10.1. The van der Waals surface area contributed by atoms with Crippen molar-refractivity contribution in [3.63, 3.8) is 0 Å². The molecule has 134 valence electrons. The number of hydrogen-bond donors (Lipinski definition) is 2. The van der Waals surface area contributed by atoms with Crippen molar-refractivity contribution in [2.45, 2.75) is 19.5 Å². The Hall–Kier alpha value is -1.68. The van der Waals surface area contributed by atoms with Crippen LogP contribution < -0.4 is 10.6 Å². The number of non-ortho nitro benzene ring substituents is 1. The maximum Gasteiger partial charge on any atom is 0.269 e. The first kappa shape index (κ1) is 21.4. The molecule has 6 nitrogen and oxygen atoms in total. The molecule has 8 heteroatoms. The predicted molar refractivity (Wildman–Crippen MR) is 114 cm³/mol. The van der Waals surface area contributed by atoms with E-state index >= 15 is 0 Å². The van der Waals surface area contributed by atoms with Gasteiger partial charge in [0.1, 0.15) is 0 Å². The second kappa shape index (κ2) is 10.3. The topological polar surface area (TPSA) is 79.6 Å². The van der Waals surface area contributed by atoms with E-state index in [2.05, 4.69) is 31.6 Å². The first-order valence-corrected chi connectivity index (χ1v) is 8.25. The first-order valence-electron chi connectivity index (χ1n) is 7.46. The summed E-state index contributed by atoms with van der Waals surface area (Å²) in [6.45, 7) is 2.49. The molecular formula is C17H20BrIN4O2. The summed E-state index contributed by atoms with van der Waals surface area (Å²) in [4.78, 5) is 14.6. The highest BCUT2D eigenvalue weighted by molar-refractivity contribution is 14.0. The summed E-state index contributed by atoms with van der Waals surface area (Å²) < 4.78 is 1.03. The number of nitro groups is 1. The van der Waals surface area contributed by atoms with Gasteiger partial charge in [-0.1, -0.05) is 46.3 Å². The van der Waals surface area contributed by atoms with Gasteiger partial charge in [0.2, 0.25) is 0 Å². The lowest BCUT2D eigenvalue weighted by Gasteiger charge is -2.19. The smallest absolute Gasteiger partial charge is 0.269 e. The summed E-state index contributed by atoms with van der Waals surface area (Å²) in [7, 11) is 1.69. The zero-order chi connectivity index (χ0) is 17.5. The normalized spacial score (nSPS) is 12.0. The summed E-state index contributed by atoms with van der Waals surface area (Å²) in [6, 6.07) is 14.6. The van der Waals surface area contributed by atoms with Crippen LogP contribution >= 0.6 is 39.9 Å². The highest BCUT2D eigenvalue weighted by Crippen LogP contribution is 2.22. The summed E-state index contributed by atoms with van der Waals surface area (Å²) in [6.07, 6.45) is 0. The van der Waals surface area contributed by atoms with Gasteiger partial charge in [-0.25, -0.2) is 0 Å². The molecule has 0 aliphatic carbocycles. The average Bonchev–Trinajstić information content (AvgIpc) is 2.59. The van der Waals surface area contributed by atoms with E-state index in [0.29, 0.717) is 12.5 Å². The summed E-state index contributed by atoms with van der Waals surface area (Å²) in [5.41, 5.74) is 2.02. The fourth-order valence-corrected chi connectivity index (χ4v) is 2.90. The van der Waals surface area contributed by atoms with Crippen LogP contribution in [0.4, 0.5) is 5.69 Å². The Kier molecular flexibility index (Phi) is 8.84. The molecule has 0 fully saturated rings. The number of aliphatic imine (C=N–C) groups is 1. The van der Waals surface area contributed by atoms with Gasteiger partial charge in [-0.2, -0.15) is 0 Å². The molecule has 0 heterocycles. The van der Waals surface area contributed by atoms with Crippen LogP contribution in [0.25, 0.3) is 0 Å². The van der Waals surface area contributed by atoms with Gasteiger partial charge >= 0.3 is 0 Å². The summed E-state index contributed by atoms with van der Waals surface area (Å²) in [5, 5.41) is 17.3. The number of rotatable bonds is 5. The zero-order valence-electron chi connectivity index (χ0n) is 13.9. The van der Waals surface area contributed by atoms with Crippen LogP contribution in [0.1, 0.15) is 24.1 Å². The minimum absolute atomic E-state index is 0. The third kappa shape index (κ3) is 6.28. The van der Waals surface area contributed by atoms with Crippen molar-refractivity contribution in [3.8, 4) is 0 Å². The van der Waals surface area contributed by atoms with Crippen molar-refractivity contribution in [2.75, 3.05) is 7.05 Å². The number of nitrogens with zero attached hydrogens (tertiary/aromatic N) is 2. The van der Waals surface area contributed by atoms with Crippen LogP contribution in [0.2, 0.25) is 0 Å². The van der Waals surface area contributed by atoms with Gasteiger partial charge in [0, 0.05) is 30.2 Å². The fourth-order valence-electron chi connectivity index (χ4n) is 2.27. The third-order valence-electron chi connectivity index (χ3n) is 3.53. The molecule has 0 bridgehead atoms. The number of benzene rings is 2. The molecule has 2 N–H and O–H groups in total. The van der Waals surface area contributed by atoms with Crippen molar-refractivity contribution in [3.05, 3.63) is 74.2 Å². The Morgan fingerprint density at radius 3 is 2.64 bits per heavy atom. The van der Waals surface area contributed by atoms with Gasteiger partial charge in [-0.05, 0) is 24.1 Å². The minimum atomic E-state index is -0.397. The molecule has 1 atom stereocenters. The molecule has 2 aromatic rings. The van der Waals surface area contributed by atoms with E-state index in [-0.39, 0.29) is 35.7 Å². The number of nitro benzene ring substituents is 1. The van der Waals surface area contributed by atoms with E-state index in [1.165, 1.54) is 6.07 Å². The summed E-state index contributed by atoms with van der Waals surface area (Å²) in [5.74, 6) is 0.629. The van der Waals surface area contributed by atoms with Gasteiger partial charge < -0.3 is 10.6 Å². The molecule has 0 aromatic heterocycles. The van der Waals surface area contributed by atoms with E-state index in [0.717, 1.165) is 15.6 Å². The fraction of sp³-hybridized carbons (Fsp3) is 0.235. The van der Waals surface area contributed by atoms with Gasteiger partial charge in [0.25, 0.3) is 5.69 Å². The van der Waals surface area contributed by atoms with E-state index in [1.54, 1.807) is 19.2 Å². The molecule has 2 rings (SSSR count). The van der Waals surface area contributed by atoms with Gasteiger partial charge in [0.15, 0.2) is 5.96 Å². The van der Waals surface area contributed by atoms with Crippen molar-refractivity contribution in [1.82, 2.24) is 10.6 Å². The maximum absolute atomic E-state index is 10.8. The lowest BCUT2D eigenvalue weighted by Crippen LogP contribution is -2.38. The number of nitrogens with one attached hydrogen (secondary N) is 2. The van der Waals surface area contributed by atoms with E-state index in [4.69, 9.17) is 0 Å². The third-order valence-corrected chi connectivity index (χ3v) is 4.25. The molecule has 0 aliphatic heterocycles. The van der Waals surface area contributed by atoms with Gasteiger partial charge in [-0.15, -0.1) is 24.0 Å². The molecule has 25 heavy (non-hydrogen) atoms. The van der Waals surface area contributed by atoms with Crippen molar-refractivity contribution >= 4 is 51.6 Å². The van der Waals surface area contributed by atoms with E-state index in [1.807, 2.05) is 37.3 Å². The van der Waals surface area contributed by atoms with Crippen LogP contribution in [-0.4, -0.2) is 17.9 Å². The molecule has 0 saturated carbocycles. The van der Waals surface area contributed by atoms with Gasteiger partial charge in [-0.3, -0.25) is 15.1 Å². The van der Waals surface area contributed by atoms with Crippen LogP contribution in [0.5, 0.6) is 0 Å². The highest BCUT2D eigenvalue weighted by Gasteiger charge is 2.11. The second-order valence-electron chi connectivity index (χ2n) is 5.24. The summed E-state index contributed by atoms with van der Waals surface area (Å²) >= 11 is 3.54. The number of halogens is 2. The zero-order valence-corrected chi connectivity index (χ0v) is 17.8. The van der Waals surface area contributed by atoms with E-state index in [9.17, 15) is 10.1 Å². The van der Waals surface area contributed by atoms with Crippen molar-refractivity contribution in [2.24, 2.45) is 4.99 Å². The van der Waals surface area contributed by atoms with Crippen LogP contribution in [-0.2, 0) is 6.54 Å². The molecule has 0 radical (unpaired) electrons. The highest BCUT2D eigenvalue weighted by atomic mass is 127. The lowest BCUT2D eigenvalue weighted by molar-refractivity contribution is -0.384. The number of guanidine groups is 1. The Balaban J connectivity index is 0.00000312. The Morgan fingerprint density at radius 1 is 1.28 bits per heavy atom. The van der Waals surface area contributed by atoms with Gasteiger partial charge in [0.05, 0.1) is 11.0 Å². The SMILES string of the molecule is CN=C(NCc1cccc([N+](=O)[O-])c1)NC(C)c1ccccc1Br.I. The molecular weight excluding hydrogens is 499 g/mol. The molecule has 0 aliphatic rings. The molecule has 0 spiro atoms. The second-order valence-corrected chi connectivity index (χ2v) is 6.09. The molecule has 0 saturated heterocycles. The van der Waals surface area contributed by atoms with Crippen LogP contribution in [0.15, 0.2) is 58.0 Å². The Bertz CT molecular complexity index is 755.